The molecular formula is C17H22N6O. The lowest BCUT2D eigenvalue weighted by atomic mass is 10.1. The van der Waals surface area contributed by atoms with Crippen molar-refractivity contribution in [2.75, 3.05) is 37.0 Å². The van der Waals surface area contributed by atoms with Crippen LogP contribution in [0.4, 0.5) is 11.6 Å². The van der Waals surface area contributed by atoms with Gasteiger partial charge in [0.1, 0.15) is 18.0 Å². The Kier molecular flexibility index (Phi) is 4.88. The van der Waals surface area contributed by atoms with Crippen LogP contribution in [-0.4, -0.2) is 54.1 Å². The van der Waals surface area contributed by atoms with Crippen LogP contribution in [0.1, 0.15) is 23.2 Å². The summed E-state index contributed by atoms with van der Waals surface area (Å²) in [4.78, 5) is 29.1. The fraction of sp³-hybridized carbons (Fsp3) is 0.412. The summed E-state index contributed by atoms with van der Waals surface area (Å²) in [6, 6.07) is 5.54. The van der Waals surface area contributed by atoms with E-state index in [9.17, 15) is 4.79 Å². The van der Waals surface area contributed by atoms with Crippen molar-refractivity contribution in [2.24, 2.45) is 0 Å². The third-order valence-corrected chi connectivity index (χ3v) is 4.12. The Labute approximate surface area is 141 Å². The zero-order chi connectivity index (χ0) is 16.9. The summed E-state index contributed by atoms with van der Waals surface area (Å²) >= 11 is 0. The second kappa shape index (κ2) is 7.25. The molecule has 2 aromatic rings. The minimum absolute atomic E-state index is 0.0547. The first kappa shape index (κ1) is 16.2. The van der Waals surface area contributed by atoms with Gasteiger partial charge >= 0.3 is 0 Å². The van der Waals surface area contributed by atoms with E-state index in [1.807, 2.05) is 25.1 Å². The fourth-order valence-electron chi connectivity index (χ4n) is 2.83. The summed E-state index contributed by atoms with van der Waals surface area (Å²) < 4.78 is 0. The molecule has 1 aliphatic heterocycles. The smallest absolute Gasteiger partial charge is 0.251 e. The molecule has 3 rings (SSSR count). The third-order valence-electron chi connectivity index (χ3n) is 4.12. The van der Waals surface area contributed by atoms with Crippen LogP contribution in [0.25, 0.3) is 0 Å². The van der Waals surface area contributed by atoms with Gasteiger partial charge in [0, 0.05) is 57.3 Å². The zero-order valence-corrected chi connectivity index (χ0v) is 14.0. The normalized spacial score (nSPS) is 17.4. The molecule has 1 saturated heterocycles. The van der Waals surface area contributed by atoms with Gasteiger partial charge in [-0.05, 0) is 25.0 Å². The van der Waals surface area contributed by atoms with E-state index in [4.69, 9.17) is 0 Å². The van der Waals surface area contributed by atoms with E-state index in [2.05, 4.69) is 25.2 Å². The third kappa shape index (κ3) is 3.79. The molecule has 0 bridgehead atoms. The second-order valence-corrected chi connectivity index (χ2v) is 6.12. The van der Waals surface area contributed by atoms with Crippen LogP contribution in [0.15, 0.2) is 36.9 Å². The highest BCUT2D eigenvalue weighted by Gasteiger charge is 2.23. The van der Waals surface area contributed by atoms with E-state index >= 15 is 0 Å². The Morgan fingerprint density at radius 1 is 1.29 bits per heavy atom. The standard InChI is InChI=1S/C17H22N6O/c1-22(2)15-10-16(20-12-19-15)23-9-3-4-14(11-23)21-17(24)13-5-7-18-8-6-13/h5-8,10,12,14H,3-4,9,11H2,1-2H3,(H,21,24). The van der Waals surface area contributed by atoms with Crippen molar-refractivity contribution in [2.45, 2.75) is 18.9 Å². The number of hydrogen-bond acceptors (Lipinski definition) is 6. The largest absolute Gasteiger partial charge is 0.363 e. The maximum atomic E-state index is 12.3. The first-order valence-corrected chi connectivity index (χ1v) is 8.08. The maximum absolute atomic E-state index is 12.3. The number of hydrogen-bond donors (Lipinski definition) is 1. The number of pyridine rings is 1. The van der Waals surface area contributed by atoms with Gasteiger partial charge in [-0.1, -0.05) is 0 Å². The minimum atomic E-state index is -0.0547. The monoisotopic (exact) mass is 326 g/mol. The second-order valence-electron chi connectivity index (χ2n) is 6.12. The lowest BCUT2D eigenvalue weighted by Gasteiger charge is -2.34. The molecule has 1 atom stereocenters. The zero-order valence-electron chi connectivity index (χ0n) is 14.0. The highest BCUT2D eigenvalue weighted by molar-refractivity contribution is 5.94. The van der Waals surface area contributed by atoms with E-state index < -0.39 is 0 Å². The molecule has 0 radical (unpaired) electrons. The molecule has 126 valence electrons. The van der Waals surface area contributed by atoms with Crippen LogP contribution in [0, 0.1) is 0 Å². The Bertz CT molecular complexity index is 690. The molecule has 7 nitrogen and oxygen atoms in total. The summed E-state index contributed by atoms with van der Waals surface area (Å²) in [5, 5.41) is 3.11. The summed E-state index contributed by atoms with van der Waals surface area (Å²) in [5.41, 5.74) is 0.638. The molecule has 24 heavy (non-hydrogen) atoms. The van der Waals surface area contributed by atoms with Gasteiger partial charge in [-0.15, -0.1) is 0 Å². The number of rotatable bonds is 4. The van der Waals surface area contributed by atoms with Gasteiger partial charge in [-0.3, -0.25) is 9.78 Å². The average Bonchev–Trinajstić information content (AvgIpc) is 2.63. The molecule has 3 heterocycles. The number of nitrogens with one attached hydrogen (secondary N) is 1. The van der Waals surface area contributed by atoms with Crippen molar-refractivity contribution in [3.63, 3.8) is 0 Å². The van der Waals surface area contributed by atoms with Crippen molar-refractivity contribution in [1.29, 1.82) is 0 Å². The number of carbonyl (C=O) groups is 1. The predicted octanol–water partition coefficient (Wildman–Crippen LogP) is 1.34. The quantitative estimate of drug-likeness (QED) is 0.914. The molecule has 2 aromatic heterocycles. The number of carbonyl (C=O) groups excluding carboxylic acids is 1. The van der Waals surface area contributed by atoms with Crippen LogP contribution in [0.5, 0.6) is 0 Å². The summed E-state index contributed by atoms with van der Waals surface area (Å²) in [6.45, 7) is 1.69. The van der Waals surface area contributed by atoms with Crippen LogP contribution >= 0.6 is 0 Å². The first-order valence-electron chi connectivity index (χ1n) is 8.08. The van der Waals surface area contributed by atoms with Crippen molar-refractivity contribution in [1.82, 2.24) is 20.3 Å². The van der Waals surface area contributed by atoms with Gasteiger partial charge in [0.05, 0.1) is 0 Å². The molecule has 1 aliphatic rings. The van der Waals surface area contributed by atoms with Crippen molar-refractivity contribution >= 4 is 17.5 Å². The number of anilines is 2. The van der Waals surface area contributed by atoms with Crippen LogP contribution in [-0.2, 0) is 0 Å². The Balaban J connectivity index is 1.66. The molecule has 0 saturated carbocycles. The molecule has 0 aromatic carbocycles. The fourth-order valence-corrected chi connectivity index (χ4v) is 2.83. The Hall–Kier alpha value is -2.70. The maximum Gasteiger partial charge on any atom is 0.251 e. The summed E-state index contributed by atoms with van der Waals surface area (Å²) in [6.07, 6.45) is 6.84. The van der Waals surface area contributed by atoms with Crippen molar-refractivity contribution in [3.05, 3.63) is 42.5 Å². The lowest BCUT2D eigenvalue weighted by Crippen LogP contribution is -2.48. The highest BCUT2D eigenvalue weighted by atomic mass is 16.1. The van der Waals surface area contributed by atoms with Crippen LogP contribution in [0.3, 0.4) is 0 Å². The minimum Gasteiger partial charge on any atom is -0.363 e. The highest BCUT2D eigenvalue weighted by Crippen LogP contribution is 2.20. The predicted molar refractivity (Wildman–Crippen MR) is 93.3 cm³/mol. The molecular weight excluding hydrogens is 304 g/mol. The molecule has 0 spiro atoms. The van der Waals surface area contributed by atoms with Crippen LogP contribution < -0.4 is 15.1 Å². The van der Waals surface area contributed by atoms with Gasteiger partial charge in [0.2, 0.25) is 0 Å². The molecule has 1 amide bonds. The SMILES string of the molecule is CN(C)c1cc(N2CCCC(NC(=O)c3ccncc3)C2)ncn1. The summed E-state index contributed by atoms with van der Waals surface area (Å²) in [7, 11) is 3.92. The van der Waals surface area contributed by atoms with Gasteiger partial charge in [-0.2, -0.15) is 0 Å². The molecule has 1 N–H and O–H groups in total. The van der Waals surface area contributed by atoms with Gasteiger partial charge in [-0.25, -0.2) is 9.97 Å². The molecule has 0 aliphatic carbocycles. The Morgan fingerprint density at radius 3 is 2.83 bits per heavy atom. The lowest BCUT2D eigenvalue weighted by molar-refractivity contribution is 0.0933. The number of amides is 1. The van der Waals surface area contributed by atoms with Crippen LogP contribution in [0.2, 0.25) is 0 Å². The van der Waals surface area contributed by atoms with Crippen molar-refractivity contribution < 1.29 is 4.79 Å². The van der Waals surface area contributed by atoms with Gasteiger partial charge in [0.15, 0.2) is 0 Å². The first-order chi connectivity index (χ1) is 11.6. The summed E-state index contributed by atoms with van der Waals surface area (Å²) in [5.74, 6) is 1.72. The van der Waals surface area contributed by atoms with E-state index in [0.717, 1.165) is 37.6 Å². The van der Waals surface area contributed by atoms with Crippen molar-refractivity contribution in [3.8, 4) is 0 Å². The molecule has 1 unspecified atom stereocenters. The van der Waals surface area contributed by atoms with Gasteiger partial charge in [0.25, 0.3) is 5.91 Å². The van der Waals surface area contributed by atoms with E-state index in [0.29, 0.717) is 5.56 Å². The topological polar surface area (TPSA) is 74.2 Å². The molecule has 1 fully saturated rings. The number of piperidine rings is 1. The Morgan fingerprint density at radius 2 is 2.08 bits per heavy atom. The number of nitrogens with zero attached hydrogens (tertiary/aromatic N) is 5. The number of aromatic nitrogens is 3. The van der Waals surface area contributed by atoms with E-state index in [-0.39, 0.29) is 11.9 Å². The van der Waals surface area contributed by atoms with E-state index in [1.165, 1.54) is 0 Å². The average molecular weight is 326 g/mol. The molecule has 7 heteroatoms. The van der Waals surface area contributed by atoms with E-state index in [1.54, 1.807) is 30.9 Å². The van der Waals surface area contributed by atoms with Gasteiger partial charge < -0.3 is 15.1 Å².